The highest BCUT2D eigenvalue weighted by atomic mass is 19.2. The molecule has 0 radical (unpaired) electrons. The largest absolute Gasteiger partial charge is 0.326 e. The average molecular weight is 372 g/mol. The molecule has 1 N–H and O–H groups in total. The molecule has 0 spiro atoms. The lowest BCUT2D eigenvalue weighted by molar-refractivity contribution is -0.116. The van der Waals surface area contributed by atoms with Crippen molar-refractivity contribution in [3.8, 4) is 11.1 Å². The molecule has 27 heavy (non-hydrogen) atoms. The van der Waals surface area contributed by atoms with Gasteiger partial charge >= 0.3 is 0 Å². The molecule has 0 bridgehead atoms. The van der Waals surface area contributed by atoms with Gasteiger partial charge in [0.1, 0.15) is 0 Å². The van der Waals surface area contributed by atoms with Gasteiger partial charge in [-0.3, -0.25) is 4.79 Å². The molecule has 0 unspecified atom stereocenters. The monoisotopic (exact) mass is 372 g/mol. The molecule has 0 atom stereocenters. The summed E-state index contributed by atoms with van der Waals surface area (Å²) in [5.74, 6) is -1.81. The maximum Gasteiger partial charge on any atom is 0.224 e. The number of halogens is 2. The minimum Gasteiger partial charge on any atom is -0.326 e. The van der Waals surface area contributed by atoms with Crippen LogP contribution >= 0.6 is 0 Å². The van der Waals surface area contributed by atoms with Crippen LogP contribution in [0.25, 0.3) is 11.1 Å². The van der Waals surface area contributed by atoms with E-state index < -0.39 is 11.6 Å². The third kappa shape index (κ3) is 5.60. The number of unbranched alkanes of at least 4 members (excludes halogenated alkanes) is 1. The van der Waals surface area contributed by atoms with Crippen molar-refractivity contribution in [2.45, 2.75) is 38.5 Å². The zero-order chi connectivity index (χ0) is 19.1. The maximum absolute atomic E-state index is 14.0. The van der Waals surface area contributed by atoms with Crippen LogP contribution in [-0.2, 0) is 4.79 Å². The first-order chi connectivity index (χ1) is 13.1. The molecular weight excluding hydrogens is 346 g/mol. The summed E-state index contributed by atoms with van der Waals surface area (Å²) in [7, 11) is 0. The van der Waals surface area contributed by atoms with Gasteiger partial charge in [-0.05, 0) is 69.1 Å². The van der Waals surface area contributed by atoms with E-state index >= 15 is 0 Å². The van der Waals surface area contributed by atoms with Crippen LogP contribution in [0.3, 0.4) is 0 Å². The van der Waals surface area contributed by atoms with Gasteiger partial charge in [-0.15, -0.1) is 0 Å². The van der Waals surface area contributed by atoms with Crippen molar-refractivity contribution in [2.24, 2.45) is 0 Å². The molecule has 2 aromatic carbocycles. The van der Waals surface area contributed by atoms with E-state index in [0.29, 0.717) is 17.7 Å². The second-order valence-corrected chi connectivity index (χ2v) is 7.09. The fraction of sp³-hybridized carbons (Fsp3) is 0.409. The van der Waals surface area contributed by atoms with Crippen molar-refractivity contribution in [1.82, 2.24) is 4.90 Å². The predicted molar refractivity (Wildman–Crippen MR) is 105 cm³/mol. The Balaban J connectivity index is 1.50. The van der Waals surface area contributed by atoms with E-state index in [4.69, 9.17) is 0 Å². The second-order valence-electron chi connectivity index (χ2n) is 7.09. The molecule has 1 heterocycles. The van der Waals surface area contributed by atoms with Gasteiger partial charge < -0.3 is 10.2 Å². The Kier molecular flexibility index (Phi) is 6.93. The number of likely N-dealkylation sites (tertiary alicyclic amines) is 1. The highest BCUT2D eigenvalue weighted by molar-refractivity contribution is 5.91. The second kappa shape index (κ2) is 9.60. The number of nitrogens with zero attached hydrogens (tertiary/aromatic N) is 1. The van der Waals surface area contributed by atoms with Crippen LogP contribution in [0.1, 0.15) is 38.5 Å². The topological polar surface area (TPSA) is 32.3 Å². The number of anilines is 1. The number of nitrogens with one attached hydrogen (secondary N) is 1. The van der Waals surface area contributed by atoms with E-state index in [1.165, 1.54) is 44.5 Å². The number of hydrogen-bond acceptors (Lipinski definition) is 2. The van der Waals surface area contributed by atoms with Crippen molar-refractivity contribution in [3.05, 3.63) is 54.1 Å². The van der Waals surface area contributed by atoms with Crippen LogP contribution in [0, 0.1) is 11.6 Å². The Bertz CT molecular complexity index is 773. The molecule has 1 aliphatic heterocycles. The number of piperidine rings is 1. The van der Waals surface area contributed by atoms with E-state index in [1.807, 2.05) is 0 Å². The van der Waals surface area contributed by atoms with E-state index in [2.05, 4.69) is 10.2 Å². The molecule has 144 valence electrons. The van der Waals surface area contributed by atoms with Gasteiger partial charge in [-0.2, -0.15) is 0 Å². The first-order valence-corrected chi connectivity index (χ1v) is 9.70. The molecule has 1 aliphatic rings. The standard InChI is InChI=1S/C22H26F2N2O/c23-20-11-7-10-19(22(20)24)17-8-6-9-18(16-17)25-21(27)12-2-5-15-26-13-3-1-4-14-26/h6-11,16H,1-5,12-15H2,(H,25,27). The molecule has 0 aliphatic carbocycles. The van der Waals surface area contributed by atoms with Gasteiger partial charge in [0.2, 0.25) is 5.91 Å². The van der Waals surface area contributed by atoms with Crippen LogP contribution in [-0.4, -0.2) is 30.4 Å². The van der Waals surface area contributed by atoms with Crippen molar-refractivity contribution in [1.29, 1.82) is 0 Å². The summed E-state index contributed by atoms with van der Waals surface area (Å²) in [5.41, 5.74) is 1.32. The van der Waals surface area contributed by atoms with Crippen molar-refractivity contribution in [3.63, 3.8) is 0 Å². The number of carbonyl (C=O) groups excluding carboxylic acids is 1. The number of amides is 1. The van der Waals surface area contributed by atoms with Crippen LogP contribution in [0.4, 0.5) is 14.5 Å². The van der Waals surface area contributed by atoms with Crippen molar-refractivity contribution in [2.75, 3.05) is 25.0 Å². The fourth-order valence-electron chi connectivity index (χ4n) is 3.52. The third-order valence-electron chi connectivity index (χ3n) is 4.99. The Labute approximate surface area is 159 Å². The average Bonchev–Trinajstić information content (AvgIpc) is 2.68. The molecule has 1 amide bonds. The molecular formula is C22H26F2N2O. The summed E-state index contributed by atoms with van der Waals surface area (Å²) in [5, 5.41) is 2.86. The van der Waals surface area contributed by atoms with Crippen LogP contribution in [0.2, 0.25) is 0 Å². The Morgan fingerprint density at radius 3 is 2.59 bits per heavy atom. The minimum atomic E-state index is -0.879. The van der Waals surface area contributed by atoms with Crippen molar-refractivity contribution < 1.29 is 13.6 Å². The molecule has 2 aromatic rings. The summed E-state index contributed by atoms with van der Waals surface area (Å²) in [6.07, 6.45) is 6.22. The molecule has 5 heteroatoms. The molecule has 3 rings (SSSR count). The van der Waals surface area contributed by atoms with Crippen LogP contribution in [0.15, 0.2) is 42.5 Å². The van der Waals surface area contributed by atoms with E-state index in [0.717, 1.165) is 25.5 Å². The number of hydrogen-bond donors (Lipinski definition) is 1. The lowest BCUT2D eigenvalue weighted by Crippen LogP contribution is -2.30. The number of rotatable bonds is 7. The van der Waals surface area contributed by atoms with E-state index in [-0.39, 0.29) is 11.5 Å². The molecule has 0 saturated carbocycles. The fourth-order valence-corrected chi connectivity index (χ4v) is 3.52. The Morgan fingerprint density at radius 2 is 1.78 bits per heavy atom. The first kappa shape index (κ1) is 19.5. The molecule has 1 fully saturated rings. The molecule has 3 nitrogen and oxygen atoms in total. The zero-order valence-electron chi connectivity index (χ0n) is 15.5. The van der Waals surface area contributed by atoms with Crippen molar-refractivity contribution >= 4 is 11.6 Å². The van der Waals surface area contributed by atoms with Gasteiger partial charge in [0, 0.05) is 17.7 Å². The highest BCUT2D eigenvalue weighted by Crippen LogP contribution is 2.26. The van der Waals surface area contributed by atoms with Crippen LogP contribution < -0.4 is 5.32 Å². The normalized spacial score (nSPS) is 14.9. The zero-order valence-corrected chi connectivity index (χ0v) is 15.5. The summed E-state index contributed by atoms with van der Waals surface area (Å²) in [6, 6.07) is 10.9. The van der Waals surface area contributed by atoms with Gasteiger partial charge in [0.25, 0.3) is 0 Å². The highest BCUT2D eigenvalue weighted by Gasteiger charge is 2.12. The van der Waals surface area contributed by atoms with Gasteiger partial charge in [0.15, 0.2) is 11.6 Å². The summed E-state index contributed by atoms with van der Waals surface area (Å²) in [6.45, 7) is 3.41. The minimum absolute atomic E-state index is 0.0505. The maximum atomic E-state index is 14.0. The summed E-state index contributed by atoms with van der Waals surface area (Å²) >= 11 is 0. The molecule has 1 saturated heterocycles. The quantitative estimate of drug-likeness (QED) is 0.675. The smallest absolute Gasteiger partial charge is 0.224 e. The van der Waals surface area contributed by atoms with Gasteiger partial charge in [-0.25, -0.2) is 8.78 Å². The van der Waals surface area contributed by atoms with Gasteiger partial charge in [-0.1, -0.05) is 30.7 Å². The molecule has 0 aromatic heterocycles. The first-order valence-electron chi connectivity index (χ1n) is 9.70. The third-order valence-corrected chi connectivity index (χ3v) is 4.99. The summed E-state index contributed by atoms with van der Waals surface area (Å²) in [4.78, 5) is 14.6. The lowest BCUT2D eigenvalue weighted by atomic mass is 10.0. The predicted octanol–water partition coefficient (Wildman–Crippen LogP) is 5.23. The van der Waals surface area contributed by atoms with Crippen LogP contribution in [0.5, 0.6) is 0 Å². The van der Waals surface area contributed by atoms with E-state index in [1.54, 1.807) is 24.3 Å². The number of benzene rings is 2. The SMILES string of the molecule is O=C(CCCCN1CCCCC1)Nc1cccc(-c2cccc(F)c2F)c1. The number of carbonyl (C=O) groups is 1. The summed E-state index contributed by atoms with van der Waals surface area (Å²) < 4.78 is 27.4. The lowest BCUT2D eigenvalue weighted by Gasteiger charge is -2.26. The van der Waals surface area contributed by atoms with Gasteiger partial charge in [0.05, 0.1) is 0 Å². The Morgan fingerprint density at radius 1 is 1.00 bits per heavy atom. The van der Waals surface area contributed by atoms with E-state index in [9.17, 15) is 13.6 Å². The Hall–Kier alpha value is -2.27.